The first-order valence-electron chi connectivity index (χ1n) is 17.9. The summed E-state index contributed by atoms with van der Waals surface area (Å²) in [6.45, 7) is 1.83. The molecule has 1 aromatic heterocycles. The van der Waals surface area contributed by atoms with Crippen molar-refractivity contribution in [1.29, 1.82) is 0 Å². The number of aromatic amines is 1. The van der Waals surface area contributed by atoms with Crippen molar-refractivity contribution in [1.82, 2.24) is 20.5 Å². The number of carbonyl (C=O) groups is 4. The number of aromatic nitrogens is 1. The lowest BCUT2D eigenvalue weighted by molar-refractivity contribution is -0.143. The van der Waals surface area contributed by atoms with Crippen molar-refractivity contribution in [2.75, 3.05) is 32.5 Å². The molecule has 3 aromatic carbocycles. The summed E-state index contributed by atoms with van der Waals surface area (Å²) in [6.07, 6.45) is 2.07. The van der Waals surface area contributed by atoms with E-state index in [4.69, 9.17) is 9.47 Å². The zero-order valence-electron chi connectivity index (χ0n) is 29.4. The SMILES string of the molecule is O=C(NC(Cc1ccc(C(=O)N2CCOCC2)cc1)P(=O)(O)CC1(C(=O)N[C@@H](Cc2c[nH]c3ccccc23)C(=O)O)CCCC1)OCc1ccccc1. The number of H-pyrrole nitrogens is 1. The van der Waals surface area contributed by atoms with E-state index in [1.165, 1.54) is 0 Å². The highest BCUT2D eigenvalue weighted by molar-refractivity contribution is 7.58. The summed E-state index contributed by atoms with van der Waals surface area (Å²) in [7, 11) is -4.41. The van der Waals surface area contributed by atoms with Gasteiger partial charge in [0.1, 0.15) is 18.4 Å². The number of amides is 3. The number of rotatable bonds is 14. The van der Waals surface area contributed by atoms with E-state index in [1.807, 2.05) is 30.3 Å². The molecule has 53 heavy (non-hydrogen) atoms. The number of para-hydroxylation sites is 1. The van der Waals surface area contributed by atoms with Crippen molar-refractivity contribution in [3.63, 3.8) is 0 Å². The second-order valence-electron chi connectivity index (χ2n) is 13.9. The molecule has 1 aliphatic carbocycles. The molecular formula is C39H45N4O9P. The number of nitrogens with one attached hydrogen (secondary N) is 3. The minimum atomic E-state index is -4.41. The number of fused-ring (bicyclic) bond motifs is 1. The predicted octanol–water partition coefficient (Wildman–Crippen LogP) is 5.08. The fourth-order valence-corrected chi connectivity index (χ4v) is 9.59. The first-order valence-corrected chi connectivity index (χ1v) is 19.8. The highest BCUT2D eigenvalue weighted by Gasteiger charge is 2.49. The molecule has 2 fully saturated rings. The Kier molecular flexibility index (Phi) is 12.0. The zero-order chi connectivity index (χ0) is 37.4. The van der Waals surface area contributed by atoms with Gasteiger partial charge in [-0.1, -0.05) is 73.5 Å². The molecule has 13 nitrogen and oxygen atoms in total. The molecule has 0 radical (unpaired) electrons. The van der Waals surface area contributed by atoms with Crippen molar-refractivity contribution in [3.05, 3.63) is 107 Å². The van der Waals surface area contributed by atoms with Gasteiger partial charge in [-0.25, -0.2) is 9.59 Å². The Bertz CT molecular complexity index is 1950. The Balaban J connectivity index is 1.20. The predicted molar refractivity (Wildman–Crippen MR) is 198 cm³/mol. The Labute approximate surface area is 307 Å². The molecule has 2 heterocycles. The van der Waals surface area contributed by atoms with Crippen LogP contribution in [-0.2, 0) is 43.1 Å². The van der Waals surface area contributed by atoms with Crippen LogP contribution in [0.5, 0.6) is 0 Å². The molecular weight excluding hydrogens is 699 g/mol. The number of benzene rings is 3. The maximum Gasteiger partial charge on any atom is 0.408 e. The third-order valence-electron chi connectivity index (χ3n) is 10.2. The van der Waals surface area contributed by atoms with Gasteiger partial charge in [-0.3, -0.25) is 14.2 Å². The second-order valence-corrected chi connectivity index (χ2v) is 16.3. The molecule has 280 valence electrons. The smallest absolute Gasteiger partial charge is 0.408 e. The second kappa shape index (κ2) is 16.8. The van der Waals surface area contributed by atoms with Crippen LogP contribution in [0.15, 0.2) is 85.1 Å². The number of hydrogen-bond acceptors (Lipinski definition) is 7. The van der Waals surface area contributed by atoms with Crippen molar-refractivity contribution < 1.29 is 43.2 Å². The number of carboxylic acid groups (broad SMARTS) is 1. The lowest BCUT2D eigenvalue weighted by atomic mass is 9.87. The summed E-state index contributed by atoms with van der Waals surface area (Å²) >= 11 is 0. The largest absolute Gasteiger partial charge is 0.480 e. The van der Waals surface area contributed by atoms with Crippen LogP contribution in [0.4, 0.5) is 4.79 Å². The molecule has 3 atom stereocenters. The normalized spacial score (nSPS) is 17.7. The Morgan fingerprint density at radius 2 is 1.57 bits per heavy atom. The van der Waals surface area contributed by atoms with Crippen molar-refractivity contribution >= 4 is 42.1 Å². The van der Waals surface area contributed by atoms with E-state index in [2.05, 4.69) is 15.6 Å². The average molecular weight is 745 g/mol. The third-order valence-corrected chi connectivity index (χ3v) is 12.5. The molecule has 2 aliphatic rings. The van der Waals surface area contributed by atoms with Crippen LogP contribution in [0.25, 0.3) is 10.9 Å². The van der Waals surface area contributed by atoms with Crippen molar-refractivity contribution in [2.24, 2.45) is 5.41 Å². The van der Waals surface area contributed by atoms with E-state index in [1.54, 1.807) is 59.6 Å². The van der Waals surface area contributed by atoms with Crippen LogP contribution >= 0.6 is 7.37 Å². The molecule has 0 spiro atoms. The highest BCUT2D eigenvalue weighted by Crippen LogP contribution is 2.55. The molecule has 1 aliphatic heterocycles. The first-order chi connectivity index (χ1) is 25.5. The molecule has 5 N–H and O–H groups in total. The van der Waals surface area contributed by atoms with E-state index in [9.17, 15) is 33.7 Å². The standard InChI is InChI=1S/C39H45N4O9P/c44-35(43-18-20-51-21-19-43)29-14-12-27(13-15-29)22-34(42-38(48)52-25-28-8-2-1-3-9-28)53(49,50)26-39(16-6-7-17-39)37(47)41-33(36(45)46)23-30-24-40-32-11-5-4-10-31(30)32/h1-5,8-15,24,33-34,40H,6-7,16-23,25-26H2,(H,41,47)(H,42,48)(H,45,46)(H,49,50)/t33-,34?/m0/s1. The number of nitrogens with zero attached hydrogens (tertiary/aromatic N) is 1. The Morgan fingerprint density at radius 3 is 2.26 bits per heavy atom. The van der Waals surface area contributed by atoms with Crippen LogP contribution in [0.3, 0.4) is 0 Å². The van der Waals surface area contributed by atoms with Gasteiger partial charge in [0.25, 0.3) is 5.91 Å². The van der Waals surface area contributed by atoms with Crippen LogP contribution in [0.1, 0.15) is 52.7 Å². The molecule has 3 amide bonds. The molecule has 4 aromatic rings. The molecule has 6 rings (SSSR count). The van der Waals surface area contributed by atoms with E-state index < -0.39 is 48.7 Å². The van der Waals surface area contributed by atoms with E-state index in [-0.39, 0.29) is 38.2 Å². The Morgan fingerprint density at radius 1 is 0.887 bits per heavy atom. The van der Waals surface area contributed by atoms with Gasteiger partial charge in [0.2, 0.25) is 13.3 Å². The summed E-state index contributed by atoms with van der Waals surface area (Å²) in [5.74, 6) is -3.32. The fraction of sp³-hybridized carbons (Fsp3) is 0.385. The van der Waals surface area contributed by atoms with Crippen LogP contribution in [0, 0.1) is 5.41 Å². The van der Waals surface area contributed by atoms with Crippen molar-refractivity contribution in [2.45, 2.75) is 57.0 Å². The maximum absolute atomic E-state index is 14.5. The van der Waals surface area contributed by atoms with Gasteiger partial charge >= 0.3 is 12.1 Å². The van der Waals surface area contributed by atoms with Gasteiger partial charge in [-0.15, -0.1) is 0 Å². The monoisotopic (exact) mass is 744 g/mol. The van der Waals surface area contributed by atoms with E-state index in [0.717, 1.165) is 22.0 Å². The van der Waals surface area contributed by atoms with Crippen molar-refractivity contribution in [3.8, 4) is 0 Å². The summed E-state index contributed by atoms with van der Waals surface area (Å²) in [6, 6.07) is 21.8. The lowest BCUT2D eigenvalue weighted by Crippen LogP contribution is -2.50. The summed E-state index contributed by atoms with van der Waals surface area (Å²) in [5, 5.41) is 16.3. The molecule has 0 bridgehead atoms. The maximum atomic E-state index is 14.5. The summed E-state index contributed by atoms with van der Waals surface area (Å²) in [5.41, 5.74) is 2.00. The number of hydrogen-bond donors (Lipinski definition) is 5. The average Bonchev–Trinajstić information content (AvgIpc) is 3.82. The number of carbonyl (C=O) groups excluding carboxylic acids is 3. The fourth-order valence-electron chi connectivity index (χ4n) is 7.24. The highest BCUT2D eigenvalue weighted by atomic mass is 31.2. The quantitative estimate of drug-likeness (QED) is 0.110. The number of morpholine rings is 1. The lowest BCUT2D eigenvalue weighted by Gasteiger charge is -2.34. The molecule has 14 heteroatoms. The summed E-state index contributed by atoms with van der Waals surface area (Å²) in [4.78, 5) is 69.3. The topological polar surface area (TPSA) is 187 Å². The molecule has 2 unspecified atom stereocenters. The summed E-state index contributed by atoms with van der Waals surface area (Å²) < 4.78 is 25.3. The molecule has 1 saturated heterocycles. The zero-order valence-corrected chi connectivity index (χ0v) is 30.3. The minimum Gasteiger partial charge on any atom is -0.480 e. The number of aliphatic carboxylic acids is 1. The van der Waals surface area contributed by atoms with E-state index >= 15 is 0 Å². The van der Waals surface area contributed by atoms with Crippen LogP contribution < -0.4 is 10.6 Å². The van der Waals surface area contributed by atoms with Gasteiger partial charge in [0, 0.05) is 54.8 Å². The van der Waals surface area contributed by atoms with Gasteiger partial charge in [-0.05, 0) is 47.7 Å². The molecule has 1 saturated carbocycles. The first kappa shape index (κ1) is 37.8. The van der Waals surface area contributed by atoms with E-state index in [0.29, 0.717) is 50.3 Å². The minimum absolute atomic E-state index is 0.0133. The van der Waals surface area contributed by atoms with Gasteiger partial charge in [0.15, 0.2) is 0 Å². The number of carboxylic acids is 1. The van der Waals surface area contributed by atoms with Crippen LogP contribution in [0.2, 0.25) is 0 Å². The van der Waals surface area contributed by atoms with Gasteiger partial charge in [-0.2, -0.15) is 0 Å². The Hall–Kier alpha value is -4.97. The van der Waals surface area contributed by atoms with Gasteiger partial charge in [0.05, 0.1) is 18.6 Å². The number of ether oxygens (including phenoxy) is 2. The number of alkyl carbamates (subject to hydrolysis) is 1. The van der Waals surface area contributed by atoms with Gasteiger partial charge < -0.3 is 40.0 Å². The third kappa shape index (κ3) is 9.34. The van der Waals surface area contributed by atoms with Crippen LogP contribution in [-0.4, -0.2) is 88.1 Å².